The van der Waals surface area contributed by atoms with Crippen molar-refractivity contribution in [1.29, 1.82) is 0 Å². The van der Waals surface area contributed by atoms with E-state index in [2.05, 4.69) is 4.72 Å². The lowest BCUT2D eigenvalue weighted by Crippen LogP contribution is -2.24. The molecular formula is C10H11ClF3NO2S. The summed E-state index contributed by atoms with van der Waals surface area (Å²) in [7, 11) is -3.93. The molecule has 102 valence electrons. The van der Waals surface area contributed by atoms with Gasteiger partial charge in [0, 0.05) is 6.54 Å². The van der Waals surface area contributed by atoms with E-state index in [1.807, 2.05) is 0 Å². The van der Waals surface area contributed by atoms with Crippen molar-refractivity contribution in [3.8, 4) is 0 Å². The molecule has 0 spiro atoms. The van der Waals surface area contributed by atoms with Crippen molar-refractivity contribution >= 4 is 21.6 Å². The van der Waals surface area contributed by atoms with Crippen LogP contribution in [0.3, 0.4) is 0 Å². The fourth-order valence-electron chi connectivity index (χ4n) is 1.21. The van der Waals surface area contributed by atoms with E-state index >= 15 is 0 Å². The Labute approximate surface area is 108 Å². The lowest BCUT2D eigenvalue weighted by atomic mass is 10.2. The molecule has 0 aromatic heterocycles. The minimum Gasteiger partial charge on any atom is -0.211 e. The molecule has 18 heavy (non-hydrogen) atoms. The molecule has 0 aliphatic rings. The molecule has 0 unspecified atom stereocenters. The second kappa shape index (κ2) is 5.46. The summed E-state index contributed by atoms with van der Waals surface area (Å²) in [5.74, 6) is 0. The maximum absolute atomic E-state index is 12.6. The summed E-state index contributed by atoms with van der Waals surface area (Å²) in [6, 6.07) is 2.49. The van der Waals surface area contributed by atoms with Gasteiger partial charge in [-0.2, -0.15) is 13.2 Å². The van der Waals surface area contributed by atoms with Crippen LogP contribution in [-0.2, 0) is 16.2 Å². The Morgan fingerprint density at radius 1 is 1.33 bits per heavy atom. The Hall–Kier alpha value is -0.790. The molecule has 1 N–H and O–H groups in total. The van der Waals surface area contributed by atoms with Crippen molar-refractivity contribution in [2.24, 2.45) is 0 Å². The van der Waals surface area contributed by atoms with Gasteiger partial charge in [0.15, 0.2) is 0 Å². The third kappa shape index (κ3) is 3.60. The van der Waals surface area contributed by atoms with Crippen molar-refractivity contribution in [2.45, 2.75) is 24.4 Å². The molecule has 0 saturated heterocycles. The summed E-state index contributed by atoms with van der Waals surface area (Å²) in [5.41, 5.74) is -1.16. The van der Waals surface area contributed by atoms with Gasteiger partial charge in [0.25, 0.3) is 0 Å². The largest absolute Gasteiger partial charge is 0.417 e. The molecule has 0 heterocycles. The van der Waals surface area contributed by atoms with Crippen molar-refractivity contribution in [2.75, 3.05) is 6.54 Å². The van der Waals surface area contributed by atoms with Gasteiger partial charge >= 0.3 is 6.18 Å². The van der Waals surface area contributed by atoms with Crippen LogP contribution in [0, 0.1) is 0 Å². The molecule has 1 aromatic carbocycles. The Kier molecular flexibility index (Phi) is 4.63. The first-order valence-electron chi connectivity index (χ1n) is 5.05. The predicted octanol–water partition coefficient (Wildman–Crippen LogP) is 3.05. The molecule has 0 amide bonds. The third-order valence-corrected chi connectivity index (χ3v) is 3.88. The Bertz CT molecular complexity index is 528. The van der Waals surface area contributed by atoms with Gasteiger partial charge in [-0.1, -0.05) is 18.5 Å². The molecule has 0 bridgehead atoms. The van der Waals surface area contributed by atoms with Crippen LogP contribution in [0.2, 0.25) is 5.02 Å². The zero-order chi connectivity index (χ0) is 14.0. The van der Waals surface area contributed by atoms with Gasteiger partial charge < -0.3 is 0 Å². The van der Waals surface area contributed by atoms with E-state index in [1.54, 1.807) is 6.92 Å². The van der Waals surface area contributed by atoms with E-state index in [0.29, 0.717) is 12.5 Å². The summed E-state index contributed by atoms with van der Waals surface area (Å²) in [6.07, 6.45) is -4.15. The van der Waals surface area contributed by atoms with Crippen LogP contribution in [0.15, 0.2) is 23.1 Å². The second-order valence-electron chi connectivity index (χ2n) is 3.54. The number of rotatable bonds is 4. The number of sulfonamides is 1. The van der Waals surface area contributed by atoms with Crippen LogP contribution in [-0.4, -0.2) is 15.0 Å². The van der Waals surface area contributed by atoms with Gasteiger partial charge in [-0.15, -0.1) is 0 Å². The standard InChI is InChI=1S/C10H11ClF3NO2S/c1-2-5-15-18(16,17)7-3-4-9(11)8(6-7)10(12,13)14/h3-4,6,15H,2,5H2,1H3. The zero-order valence-electron chi connectivity index (χ0n) is 9.38. The average Bonchev–Trinajstić information content (AvgIpc) is 2.25. The van der Waals surface area contributed by atoms with Crippen molar-refractivity contribution in [3.63, 3.8) is 0 Å². The van der Waals surface area contributed by atoms with E-state index < -0.39 is 31.7 Å². The second-order valence-corrected chi connectivity index (χ2v) is 5.71. The Balaban J connectivity index is 3.21. The maximum atomic E-state index is 12.6. The van der Waals surface area contributed by atoms with Crippen molar-refractivity contribution in [3.05, 3.63) is 28.8 Å². The normalized spacial score (nSPS) is 12.7. The molecule has 1 rings (SSSR count). The number of alkyl halides is 3. The molecule has 8 heteroatoms. The highest BCUT2D eigenvalue weighted by atomic mass is 35.5. The van der Waals surface area contributed by atoms with Gasteiger partial charge in [0.05, 0.1) is 15.5 Å². The smallest absolute Gasteiger partial charge is 0.211 e. The Morgan fingerprint density at radius 3 is 2.44 bits per heavy atom. The number of benzene rings is 1. The monoisotopic (exact) mass is 301 g/mol. The quantitative estimate of drug-likeness (QED) is 0.929. The highest BCUT2D eigenvalue weighted by Crippen LogP contribution is 2.35. The molecule has 0 fully saturated rings. The fourth-order valence-corrected chi connectivity index (χ4v) is 2.59. The van der Waals surface area contributed by atoms with E-state index in [1.165, 1.54) is 0 Å². The molecule has 0 saturated carbocycles. The van der Waals surface area contributed by atoms with Crippen LogP contribution in [0.4, 0.5) is 13.2 Å². The van der Waals surface area contributed by atoms with Crippen LogP contribution in [0.5, 0.6) is 0 Å². The molecular weight excluding hydrogens is 291 g/mol. The minimum absolute atomic E-state index is 0.159. The molecule has 1 aromatic rings. The highest BCUT2D eigenvalue weighted by Gasteiger charge is 2.34. The van der Waals surface area contributed by atoms with Crippen molar-refractivity contribution < 1.29 is 21.6 Å². The van der Waals surface area contributed by atoms with Gasteiger partial charge in [-0.25, -0.2) is 13.1 Å². The molecule has 0 aliphatic heterocycles. The lowest BCUT2D eigenvalue weighted by molar-refractivity contribution is -0.137. The van der Waals surface area contributed by atoms with E-state index in [-0.39, 0.29) is 6.54 Å². The molecule has 0 atom stereocenters. The fraction of sp³-hybridized carbons (Fsp3) is 0.400. The SMILES string of the molecule is CCCNS(=O)(=O)c1ccc(Cl)c(C(F)(F)F)c1. The number of halogens is 4. The van der Waals surface area contributed by atoms with E-state index in [0.717, 1.165) is 12.1 Å². The van der Waals surface area contributed by atoms with Gasteiger partial charge in [0.2, 0.25) is 10.0 Å². The van der Waals surface area contributed by atoms with Crippen LogP contribution < -0.4 is 4.72 Å². The molecule has 3 nitrogen and oxygen atoms in total. The summed E-state index contributed by atoms with van der Waals surface area (Å²) in [6.45, 7) is 1.90. The number of hydrogen-bond donors (Lipinski definition) is 1. The van der Waals surface area contributed by atoms with Crippen LogP contribution in [0.1, 0.15) is 18.9 Å². The topological polar surface area (TPSA) is 46.2 Å². The van der Waals surface area contributed by atoms with Gasteiger partial charge in [0.1, 0.15) is 0 Å². The summed E-state index contributed by atoms with van der Waals surface area (Å²) < 4.78 is 63.2. The predicted molar refractivity (Wildman–Crippen MR) is 61.9 cm³/mol. The maximum Gasteiger partial charge on any atom is 0.417 e. The average molecular weight is 302 g/mol. The summed E-state index contributed by atoms with van der Waals surface area (Å²) in [5, 5.41) is -0.531. The Morgan fingerprint density at radius 2 is 1.94 bits per heavy atom. The molecule has 0 aliphatic carbocycles. The lowest BCUT2D eigenvalue weighted by Gasteiger charge is -2.11. The zero-order valence-corrected chi connectivity index (χ0v) is 11.0. The number of hydrogen-bond acceptors (Lipinski definition) is 2. The first kappa shape index (κ1) is 15.3. The third-order valence-electron chi connectivity index (χ3n) is 2.10. The van der Waals surface area contributed by atoms with Gasteiger partial charge in [-0.3, -0.25) is 0 Å². The first-order chi connectivity index (χ1) is 8.18. The van der Waals surface area contributed by atoms with Gasteiger partial charge in [-0.05, 0) is 24.6 Å². The van der Waals surface area contributed by atoms with E-state index in [9.17, 15) is 21.6 Å². The first-order valence-corrected chi connectivity index (χ1v) is 6.91. The van der Waals surface area contributed by atoms with Crippen LogP contribution in [0.25, 0.3) is 0 Å². The van der Waals surface area contributed by atoms with Crippen molar-refractivity contribution in [1.82, 2.24) is 4.72 Å². The summed E-state index contributed by atoms with van der Waals surface area (Å²) >= 11 is 5.40. The highest BCUT2D eigenvalue weighted by molar-refractivity contribution is 7.89. The van der Waals surface area contributed by atoms with E-state index in [4.69, 9.17) is 11.6 Å². The summed E-state index contributed by atoms with van der Waals surface area (Å²) in [4.78, 5) is -0.451. The molecule has 0 radical (unpaired) electrons. The minimum atomic E-state index is -4.69. The van der Waals surface area contributed by atoms with Crippen LogP contribution >= 0.6 is 11.6 Å². The number of nitrogens with one attached hydrogen (secondary N) is 1.